The van der Waals surface area contributed by atoms with Gasteiger partial charge < -0.3 is 14.4 Å². The molecule has 1 aromatic carbocycles. The molecule has 0 bridgehead atoms. The first-order valence-corrected chi connectivity index (χ1v) is 5.66. The van der Waals surface area contributed by atoms with Gasteiger partial charge in [-0.15, -0.1) is 0 Å². The molecule has 94 valence electrons. The average molecular weight is 245 g/mol. The Labute approximate surface area is 105 Å². The van der Waals surface area contributed by atoms with E-state index in [1.165, 1.54) is 0 Å². The minimum Gasteiger partial charge on any atom is -0.478 e. The Bertz CT molecular complexity index is 545. The van der Waals surface area contributed by atoms with E-state index in [0.29, 0.717) is 18.1 Å². The molecule has 0 saturated heterocycles. The van der Waals surface area contributed by atoms with Crippen LogP contribution < -0.4 is 4.90 Å². The van der Waals surface area contributed by atoms with Crippen molar-refractivity contribution in [3.05, 3.63) is 53.5 Å². The van der Waals surface area contributed by atoms with Crippen LogP contribution in [0.25, 0.3) is 0 Å². The summed E-state index contributed by atoms with van der Waals surface area (Å²) >= 11 is 0. The zero-order valence-corrected chi connectivity index (χ0v) is 10.4. The van der Waals surface area contributed by atoms with Crippen LogP contribution in [-0.4, -0.2) is 18.1 Å². The van der Waals surface area contributed by atoms with Crippen LogP contribution >= 0.6 is 0 Å². The monoisotopic (exact) mass is 245 g/mol. The van der Waals surface area contributed by atoms with Gasteiger partial charge in [0, 0.05) is 12.7 Å². The number of furan rings is 1. The fraction of sp³-hybridized carbons (Fsp3) is 0.214. The fourth-order valence-electron chi connectivity index (χ4n) is 1.84. The number of nitrogens with zero attached hydrogens (tertiary/aromatic N) is 1. The Hall–Kier alpha value is -2.23. The normalized spacial score (nSPS) is 10.3. The predicted molar refractivity (Wildman–Crippen MR) is 69.0 cm³/mol. The van der Waals surface area contributed by atoms with Crippen LogP contribution in [0.15, 0.2) is 40.8 Å². The second-order valence-corrected chi connectivity index (χ2v) is 4.18. The lowest BCUT2D eigenvalue weighted by atomic mass is 10.2. The number of rotatable bonds is 4. The third-order valence-corrected chi connectivity index (χ3v) is 2.79. The number of aromatic carboxylic acids is 1. The van der Waals surface area contributed by atoms with Crippen LogP contribution in [0, 0.1) is 6.92 Å². The molecular formula is C14H15NO3. The van der Waals surface area contributed by atoms with Crippen molar-refractivity contribution in [1.82, 2.24) is 0 Å². The standard InChI is InChI=1S/C14H15NO3/c1-10-13(14(16)17)8-12(18-10)9-15(2)11-6-4-3-5-7-11/h3-8H,9H2,1-2H3,(H,16,17). The highest BCUT2D eigenvalue weighted by molar-refractivity contribution is 5.88. The number of benzene rings is 1. The lowest BCUT2D eigenvalue weighted by Gasteiger charge is -2.17. The highest BCUT2D eigenvalue weighted by atomic mass is 16.4. The molecule has 1 N–H and O–H groups in total. The van der Waals surface area contributed by atoms with Gasteiger partial charge in [0.2, 0.25) is 0 Å². The van der Waals surface area contributed by atoms with Gasteiger partial charge in [0.05, 0.1) is 6.54 Å². The van der Waals surface area contributed by atoms with Crippen molar-refractivity contribution < 1.29 is 14.3 Å². The van der Waals surface area contributed by atoms with Crippen molar-refractivity contribution in [2.24, 2.45) is 0 Å². The summed E-state index contributed by atoms with van der Waals surface area (Å²) in [5.41, 5.74) is 1.29. The number of carboxylic acid groups (broad SMARTS) is 1. The zero-order valence-electron chi connectivity index (χ0n) is 10.4. The third-order valence-electron chi connectivity index (χ3n) is 2.79. The van der Waals surface area contributed by atoms with Crippen LogP contribution in [0.5, 0.6) is 0 Å². The molecule has 2 aromatic rings. The van der Waals surface area contributed by atoms with Gasteiger partial charge >= 0.3 is 5.97 Å². The molecule has 0 aliphatic rings. The Kier molecular flexibility index (Phi) is 3.37. The summed E-state index contributed by atoms with van der Waals surface area (Å²) in [6.45, 7) is 2.20. The average Bonchev–Trinajstić information content (AvgIpc) is 2.71. The first-order valence-electron chi connectivity index (χ1n) is 5.66. The lowest BCUT2D eigenvalue weighted by Crippen LogP contribution is -2.15. The third kappa shape index (κ3) is 2.53. The van der Waals surface area contributed by atoms with Crippen molar-refractivity contribution in [3.63, 3.8) is 0 Å². The molecule has 4 nitrogen and oxygen atoms in total. The van der Waals surface area contributed by atoms with E-state index in [1.807, 2.05) is 42.3 Å². The van der Waals surface area contributed by atoms with Gasteiger partial charge in [-0.2, -0.15) is 0 Å². The second-order valence-electron chi connectivity index (χ2n) is 4.18. The Morgan fingerprint density at radius 1 is 1.33 bits per heavy atom. The van der Waals surface area contributed by atoms with Crippen molar-refractivity contribution in [2.75, 3.05) is 11.9 Å². The quantitative estimate of drug-likeness (QED) is 0.899. The molecule has 0 spiro atoms. The molecule has 0 aliphatic carbocycles. The van der Waals surface area contributed by atoms with Crippen molar-refractivity contribution in [3.8, 4) is 0 Å². The van der Waals surface area contributed by atoms with Gasteiger partial charge in [-0.25, -0.2) is 4.79 Å². The molecule has 0 atom stereocenters. The Morgan fingerprint density at radius 3 is 2.56 bits per heavy atom. The number of aryl methyl sites for hydroxylation is 1. The van der Waals surface area contributed by atoms with Gasteiger partial charge in [0.15, 0.2) is 0 Å². The maximum absolute atomic E-state index is 10.9. The van der Waals surface area contributed by atoms with Crippen LogP contribution in [0.3, 0.4) is 0 Å². The van der Waals surface area contributed by atoms with E-state index in [4.69, 9.17) is 9.52 Å². The maximum Gasteiger partial charge on any atom is 0.339 e. The summed E-state index contributed by atoms with van der Waals surface area (Å²) in [6, 6.07) is 11.4. The van der Waals surface area contributed by atoms with E-state index >= 15 is 0 Å². The summed E-state index contributed by atoms with van der Waals surface area (Å²) < 4.78 is 5.45. The first-order chi connectivity index (χ1) is 8.58. The topological polar surface area (TPSA) is 53.7 Å². The molecule has 0 radical (unpaired) electrons. The molecule has 0 amide bonds. The number of carbonyl (C=O) groups is 1. The van der Waals surface area contributed by atoms with Gasteiger partial charge in [-0.3, -0.25) is 0 Å². The SMILES string of the molecule is Cc1oc(CN(C)c2ccccc2)cc1C(=O)O. The van der Waals surface area contributed by atoms with Crippen molar-refractivity contribution in [2.45, 2.75) is 13.5 Å². The van der Waals surface area contributed by atoms with Crippen molar-refractivity contribution in [1.29, 1.82) is 0 Å². The maximum atomic E-state index is 10.9. The number of hydrogen-bond acceptors (Lipinski definition) is 3. The van der Waals surface area contributed by atoms with Crippen LogP contribution in [0.2, 0.25) is 0 Å². The summed E-state index contributed by atoms with van der Waals surface area (Å²) in [5, 5.41) is 8.96. The lowest BCUT2D eigenvalue weighted by molar-refractivity contribution is 0.0695. The molecule has 18 heavy (non-hydrogen) atoms. The van der Waals surface area contributed by atoms with E-state index < -0.39 is 5.97 Å². The molecule has 1 heterocycles. The van der Waals surface area contributed by atoms with Gasteiger partial charge in [-0.05, 0) is 25.1 Å². The summed E-state index contributed by atoms with van der Waals surface area (Å²) in [7, 11) is 1.94. The van der Waals surface area contributed by atoms with Crippen LogP contribution in [-0.2, 0) is 6.54 Å². The molecule has 1 aromatic heterocycles. The molecular weight excluding hydrogens is 230 g/mol. The molecule has 0 unspecified atom stereocenters. The Balaban J connectivity index is 2.15. The van der Waals surface area contributed by atoms with Gasteiger partial charge in [-0.1, -0.05) is 18.2 Å². The van der Waals surface area contributed by atoms with E-state index in [9.17, 15) is 4.79 Å². The number of para-hydroxylation sites is 1. The van der Waals surface area contributed by atoms with Crippen molar-refractivity contribution >= 4 is 11.7 Å². The van der Waals surface area contributed by atoms with Gasteiger partial charge in [0.1, 0.15) is 17.1 Å². The van der Waals surface area contributed by atoms with Gasteiger partial charge in [0.25, 0.3) is 0 Å². The summed E-state index contributed by atoms with van der Waals surface area (Å²) in [5.74, 6) is 0.139. The van der Waals surface area contributed by atoms with E-state index in [2.05, 4.69) is 0 Å². The van der Waals surface area contributed by atoms with E-state index in [1.54, 1.807) is 13.0 Å². The first kappa shape index (κ1) is 12.2. The van der Waals surface area contributed by atoms with Crippen LogP contribution in [0.1, 0.15) is 21.9 Å². The molecule has 2 rings (SSSR count). The molecule has 0 aliphatic heterocycles. The minimum atomic E-state index is -0.954. The second kappa shape index (κ2) is 4.96. The number of anilines is 1. The zero-order chi connectivity index (χ0) is 13.1. The predicted octanol–water partition coefficient (Wildman–Crippen LogP) is 2.92. The molecule has 4 heteroatoms. The molecule has 0 saturated carbocycles. The summed E-state index contributed by atoms with van der Waals surface area (Å²) in [6.07, 6.45) is 0. The Morgan fingerprint density at radius 2 is 2.00 bits per heavy atom. The van der Waals surface area contributed by atoms with E-state index in [-0.39, 0.29) is 5.56 Å². The fourth-order valence-corrected chi connectivity index (χ4v) is 1.84. The van der Waals surface area contributed by atoms with E-state index in [0.717, 1.165) is 5.69 Å². The number of hydrogen-bond donors (Lipinski definition) is 1. The largest absolute Gasteiger partial charge is 0.478 e. The van der Waals surface area contributed by atoms with Crippen LogP contribution in [0.4, 0.5) is 5.69 Å². The summed E-state index contributed by atoms with van der Waals surface area (Å²) in [4.78, 5) is 12.9. The highest BCUT2D eigenvalue weighted by Crippen LogP contribution is 2.19. The molecule has 0 fully saturated rings. The smallest absolute Gasteiger partial charge is 0.339 e. The minimum absolute atomic E-state index is 0.228. The number of carboxylic acids is 1. The highest BCUT2D eigenvalue weighted by Gasteiger charge is 2.14.